The quantitative estimate of drug-likeness (QED) is 0.825. The molecule has 1 spiro atoms. The number of likely N-dealkylation sites (N-methyl/N-ethyl adjacent to an activating group) is 1. The molecule has 3 heterocycles. The van der Waals surface area contributed by atoms with Crippen LogP contribution < -0.4 is 0 Å². The first kappa shape index (κ1) is 16.8. The molecular weight excluding hydrogens is 314 g/mol. The molecule has 2 aliphatic rings. The van der Waals surface area contributed by atoms with Crippen molar-refractivity contribution in [3.8, 4) is 0 Å². The van der Waals surface area contributed by atoms with Crippen LogP contribution in [0, 0.1) is 5.41 Å². The summed E-state index contributed by atoms with van der Waals surface area (Å²) in [5.41, 5.74) is 0.235. The van der Waals surface area contributed by atoms with Gasteiger partial charge in [-0.05, 0) is 43.9 Å². The topological polar surface area (TPSA) is 62.7 Å². The summed E-state index contributed by atoms with van der Waals surface area (Å²) < 4.78 is 32.3. The zero-order valence-corrected chi connectivity index (χ0v) is 14.6. The van der Waals surface area contributed by atoms with Crippen LogP contribution >= 0.6 is 0 Å². The lowest BCUT2D eigenvalue weighted by Crippen LogP contribution is -2.44. The van der Waals surface area contributed by atoms with Crippen LogP contribution in [-0.2, 0) is 14.8 Å². The summed E-state index contributed by atoms with van der Waals surface area (Å²) in [4.78, 5) is 6.58. The van der Waals surface area contributed by atoms with E-state index >= 15 is 0 Å². The van der Waals surface area contributed by atoms with Gasteiger partial charge in [-0.2, -0.15) is 4.31 Å². The van der Waals surface area contributed by atoms with E-state index in [4.69, 9.17) is 4.74 Å². The number of piperidine rings is 1. The summed E-state index contributed by atoms with van der Waals surface area (Å²) in [6.45, 7) is 2.95. The molecule has 2 fully saturated rings. The first-order valence-corrected chi connectivity index (χ1v) is 9.50. The number of aromatic nitrogens is 1. The van der Waals surface area contributed by atoms with E-state index in [2.05, 4.69) is 16.9 Å². The number of ether oxygens (including phenoxy) is 1. The van der Waals surface area contributed by atoms with Gasteiger partial charge in [0.25, 0.3) is 0 Å². The van der Waals surface area contributed by atoms with Crippen molar-refractivity contribution >= 4 is 10.0 Å². The average Bonchev–Trinajstić information content (AvgIpc) is 2.84. The van der Waals surface area contributed by atoms with Crippen LogP contribution in [0.5, 0.6) is 0 Å². The Bertz CT molecular complexity index is 627. The second-order valence-electron chi connectivity index (χ2n) is 6.82. The molecule has 0 radical (unpaired) electrons. The number of sulfonamides is 1. The fourth-order valence-corrected chi connectivity index (χ4v) is 5.37. The Kier molecular flexibility index (Phi) is 4.73. The van der Waals surface area contributed by atoms with Crippen molar-refractivity contribution in [1.29, 1.82) is 0 Å². The molecule has 0 saturated carbocycles. The second-order valence-corrected chi connectivity index (χ2v) is 8.76. The van der Waals surface area contributed by atoms with E-state index < -0.39 is 10.0 Å². The highest BCUT2D eigenvalue weighted by molar-refractivity contribution is 7.89. The number of likely N-dealkylation sites (tertiary alicyclic amines) is 1. The van der Waals surface area contributed by atoms with Crippen LogP contribution in [-0.4, -0.2) is 69.0 Å². The number of pyridine rings is 1. The van der Waals surface area contributed by atoms with Crippen LogP contribution in [0.4, 0.5) is 0 Å². The van der Waals surface area contributed by atoms with E-state index in [-0.39, 0.29) is 10.3 Å². The van der Waals surface area contributed by atoms with E-state index in [0.717, 1.165) is 32.4 Å². The SMILES string of the molecule is COCC1CC2(CCN(S(=O)(=O)c3cccnc3)CC2)CN1C. The molecule has 2 aliphatic heterocycles. The predicted molar refractivity (Wildman–Crippen MR) is 87.6 cm³/mol. The van der Waals surface area contributed by atoms with Crippen molar-refractivity contribution < 1.29 is 13.2 Å². The third-order valence-electron chi connectivity index (χ3n) is 5.29. The van der Waals surface area contributed by atoms with Crippen molar-refractivity contribution in [2.75, 3.05) is 40.4 Å². The van der Waals surface area contributed by atoms with Gasteiger partial charge in [-0.3, -0.25) is 4.98 Å². The third kappa shape index (κ3) is 3.28. The molecule has 128 valence electrons. The molecule has 23 heavy (non-hydrogen) atoms. The van der Waals surface area contributed by atoms with Gasteiger partial charge in [-0.1, -0.05) is 0 Å². The number of methoxy groups -OCH3 is 1. The van der Waals surface area contributed by atoms with Gasteiger partial charge in [-0.25, -0.2) is 8.42 Å². The molecular formula is C16H25N3O3S. The Labute approximate surface area is 138 Å². The Hall–Kier alpha value is -1.02. The number of hydrogen-bond donors (Lipinski definition) is 0. The zero-order valence-electron chi connectivity index (χ0n) is 13.8. The standard InChI is InChI=1S/C16H25N3O3S/c1-18-13-16(10-14(18)12-22-2)5-8-19(9-6-16)23(20,21)15-4-3-7-17-11-15/h3-4,7,11,14H,5-6,8-10,12-13H2,1-2H3. The first-order chi connectivity index (χ1) is 11.0. The minimum absolute atomic E-state index is 0.235. The van der Waals surface area contributed by atoms with E-state index in [1.54, 1.807) is 29.7 Å². The minimum Gasteiger partial charge on any atom is -0.383 e. The summed E-state index contributed by atoms with van der Waals surface area (Å²) in [7, 11) is 0.461. The molecule has 7 heteroatoms. The number of nitrogens with zero attached hydrogens (tertiary/aromatic N) is 3. The molecule has 1 atom stereocenters. The van der Waals surface area contributed by atoms with Gasteiger partial charge in [0.2, 0.25) is 10.0 Å². The van der Waals surface area contributed by atoms with Crippen LogP contribution in [0.3, 0.4) is 0 Å². The molecule has 0 bridgehead atoms. The maximum Gasteiger partial charge on any atom is 0.244 e. The molecule has 0 N–H and O–H groups in total. The highest BCUT2D eigenvalue weighted by Gasteiger charge is 2.45. The Morgan fingerprint density at radius 1 is 1.39 bits per heavy atom. The van der Waals surface area contributed by atoms with Gasteiger partial charge in [0, 0.05) is 45.2 Å². The van der Waals surface area contributed by atoms with Crippen LogP contribution in [0.2, 0.25) is 0 Å². The lowest BCUT2D eigenvalue weighted by Gasteiger charge is -2.38. The smallest absolute Gasteiger partial charge is 0.244 e. The molecule has 0 amide bonds. The van der Waals surface area contributed by atoms with E-state index in [1.807, 2.05) is 0 Å². The minimum atomic E-state index is -3.41. The Morgan fingerprint density at radius 3 is 2.74 bits per heavy atom. The molecule has 0 aromatic carbocycles. The third-order valence-corrected chi connectivity index (χ3v) is 7.17. The van der Waals surface area contributed by atoms with Gasteiger partial charge >= 0.3 is 0 Å². The van der Waals surface area contributed by atoms with Crippen molar-refractivity contribution in [3.05, 3.63) is 24.5 Å². The van der Waals surface area contributed by atoms with Crippen LogP contribution in [0.1, 0.15) is 19.3 Å². The molecule has 1 aromatic heterocycles. The van der Waals surface area contributed by atoms with Crippen LogP contribution in [0.15, 0.2) is 29.4 Å². The first-order valence-electron chi connectivity index (χ1n) is 8.06. The van der Waals surface area contributed by atoms with Crippen molar-refractivity contribution in [3.63, 3.8) is 0 Å². The predicted octanol–water partition coefficient (Wildman–Crippen LogP) is 1.20. The Morgan fingerprint density at radius 2 is 2.13 bits per heavy atom. The maximum atomic E-state index is 12.7. The molecule has 1 unspecified atom stereocenters. The Balaban J connectivity index is 1.67. The molecule has 6 nitrogen and oxygen atoms in total. The van der Waals surface area contributed by atoms with Crippen LogP contribution in [0.25, 0.3) is 0 Å². The lowest BCUT2D eigenvalue weighted by molar-refractivity contribution is 0.129. The molecule has 1 aromatic rings. The molecule has 0 aliphatic carbocycles. The van der Waals surface area contributed by atoms with Gasteiger partial charge < -0.3 is 9.64 Å². The van der Waals surface area contributed by atoms with Gasteiger partial charge in [-0.15, -0.1) is 0 Å². The van der Waals surface area contributed by atoms with E-state index in [1.165, 1.54) is 6.20 Å². The fraction of sp³-hybridized carbons (Fsp3) is 0.688. The highest BCUT2D eigenvalue weighted by Crippen LogP contribution is 2.43. The highest BCUT2D eigenvalue weighted by atomic mass is 32.2. The van der Waals surface area contributed by atoms with Gasteiger partial charge in [0.1, 0.15) is 4.90 Å². The summed E-state index contributed by atoms with van der Waals surface area (Å²) in [5.74, 6) is 0. The van der Waals surface area contributed by atoms with Gasteiger partial charge in [0.15, 0.2) is 0 Å². The number of rotatable bonds is 4. The maximum absolute atomic E-state index is 12.7. The van der Waals surface area contributed by atoms with Gasteiger partial charge in [0.05, 0.1) is 6.61 Å². The largest absolute Gasteiger partial charge is 0.383 e. The second kappa shape index (κ2) is 6.47. The van der Waals surface area contributed by atoms with Crippen molar-refractivity contribution in [2.24, 2.45) is 5.41 Å². The molecule has 3 rings (SSSR count). The fourth-order valence-electron chi connectivity index (χ4n) is 3.97. The van der Waals surface area contributed by atoms with E-state index in [0.29, 0.717) is 19.1 Å². The van der Waals surface area contributed by atoms with Crippen molar-refractivity contribution in [1.82, 2.24) is 14.2 Å². The van der Waals surface area contributed by atoms with E-state index in [9.17, 15) is 8.42 Å². The summed E-state index contributed by atoms with van der Waals surface area (Å²) in [6.07, 6.45) is 5.94. The van der Waals surface area contributed by atoms with Crippen molar-refractivity contribution in [2.45, 2.75) is 30.2 Å². The zero-order chi connectivity index (χ0) is 16.5. The molecule has 2 saturated heterocycles. The monoisotopic (exact) mass is 339 g/mol. The average molecular weight is 339 g/mol. The normalized spacial score (nSPS) is 25.9. The summed E-state index contributed by atoms with van der Waals surface area (Å²) in [6, 6.07) is 3.73. The lowest BCUT2D eigenvalue weighted by atomic mass is 9.77. The number of hydrogen-bond acceptors (Lipinski definition) is 5. The summed E-state index contributed by atoms with van der Waals surface area (Å²) >= 11 is 0. The summed E-state index contributed by atoms with van der Waals surface area (Å²) in [5, 5.41) is 0.